The Kier molecular flexibility index (Phi) is 6.68. The van der Waals surface area contributed by atoms with Crippen LogP contribution in [0.25, 0.3) is 6.08 Å². The van der Waals surface area contributed by atoms with E-state index >= 15 is 0 Å². The van der Waals surface area contributed by atoms with Crippen molar-refractivity contribution in [1.29, 1.82) is 0 Å². The number of aliphatic carboxylic acids is 1. The number of rotatable bonds is 7. The van der Waals surface area contributed by atoms with Gasteiger partial charge in [-0.1, -0.05) is 42.5 Å². The zero-order valence-electron chi connectivity index (χ0n) is 14.3. The van der Waals surface area contributed by atoms with Crippen LogP contribution in [0.4, 0.5) is 5.69 Å². The minimum atomic E-state index is -1.11. The summed E-state index contributed by atoms with van der Waals surface area (Å²) < 4.78 is 0. The van der Waals surface area contributed by atoms with Crippen molar-refractivity contribution in [3.63, 3.8) is 0 Å². The van der Waals surface area contributed by atoms with E-state index in [0.717, 1.165) is 5.56 Å². The van der Waals surface area contributed by atoms with Crippen LogP contribution in [-0.2, 0) is 9.59 Å². The van der Waals surface area contributed by atoms with E-state index in [1.807, 2.05) is 36.4 Å². The number of anilines is 1. The first kappa shape index (κ1) is 18.9. The molecule has 3 N–H and O–H groups in total. The van der Waals surface area contributed by atoms with Crippen molar-refractivity contribution in [2.75, 3.05) is 5.32 Å². The number of carboxylic acid groups (broad SMARTS) is 1. The van der Waals surface area contributed by atoms with E-state index in [9.17, 15) is 19.5 Å². The second kappa shape index (κ2) is 9.17. The minimum Gasteiger partial charge on any atom is -0.480 e. The smallest absolute Gasteiger partial charge is 0.326 e. The van der Waals surface area contributed by atoms with Gasteiger partial charge in [-0.15, -0.1) is 0 Å². The SMILES string of the molecule is CC(=O)Nc1ccc(C(=O)N[C@H](C/C=C/c2ccccc2)C(=O)O)cc1. The van der Waals surface area contributed by atoms with Gasteiger partial charge in [-0.25, -0.2) is 4.79 Å². The molecule has 0 aromatic heterocycles. The lowest BCUT2D eigenvalue weighted by Crippen LogP contribution is -2.40. The van der Waals surface area contributed by atoms with Crippen LogP contribution in [-0.4, -0.2) is 28.9 Å². The van der Waals surface area contributed by atoms with Crippen LogP contribution in [0.15, 0.2) is 60.7 Å². The Morgan fingerprint density at radius 2 is 1.69 bits per heavy atom. The summed E-state index contributed by atoms with van der Waals surface area (Å²) in [7, 11) is 0. The first-order chi connectivity index (χ1) is 12.5. The Balaban J connectivity index is 1.98. The molecule has 0 radical (unpaired) electrons. The molecular weight excluding hydrogens is 332 g/mol. The Morgan fingerprint density at radius 3 is 2.27 bits per heavy atom. The third-order valence-electron chi connectivity index (χ3n) is 3.55. The van der Waals surface area contributed by atoms with Gasteiger partial charge in [0.15, 0.2) is 0 Å². The number of hydrogen-bond acceptors (Lipinski definition) is 3. The summed E-state index contributed by atoms with van der Waals surface area (Å²) in [5.41, 5.74) is 1.84. The topological polar surface area (TPSA) is 95.5 Å². The van der Waals surface area contributed by atoms with Crippen molar-refractivity contribution in [3.05, 3.63) is 71.8 Å². The summed E-state index contributed by atoms with van der Waals surface area (Å²) >= 11 is 0. The summed E-state index contributed by atoms with van der Waals surface area (Å²) in [4.78, 5) is 34.6. The quantitative estimate of drug-likeness (QED) is 0.714. The zero-order chi connectivity index (χ0) is 18.9. The van der Waals surface area contributed by atoms with Gasteiger partial charge in [0.25, 0.3) is 5.91 Å². The molecule has 6 heteroatoms. The summed E-state index contributed by atoms with van der Waals surface area (Å²) in [5, 5.41) is 14.4. The van der Waals surface area contributed by atoms with Crippen molar-refractivity contribution in [2.45, 2.75) is 19.4 Å². The molecule has 0 saturated carbocycles. The van der Waals surface area contributed by atoms with Crippen molar-refractivity contribution in [1.82, 2.24) is 5.32 Å². The van der Waals surface area contributed by atoms with Crippen molar-refractivity contribution in [2.24, 2.45) is 0 Å². The van der Waals surface area contributed by atoms with E-state index in [0.29, 0.717) is 11.3 Å². The van der Waals surface area contributed by atoms with Gasteiger partial charge in [0.2, 0.25) is 5.91 Å². The number of carboxylic acids is 1. The highest BCUT2D eigenvalue weighted by Gasteiger charge is 2.19. The molecule has 0 aliphatic rings. The van der Waals surface area contributed by atoms with Crippen LogP contribution in [0, 0.1) is 0 Å². The fourth-order valence-electron chi connectivity index (χ4n) is 2.28. The Morgan fingerprint density at radius 1 is 1.04 bits per heavy atom. The third-order valence-corrected chi connectivity index (χ3v) is 3.55. The van der Waals surface area contributed by atoms with E-state index in [-0.39, 0.29) is 12.3 Å². The third kappa shape index (κ3) is 5.90. The maximum absolute atomic E-state index is 12.2. The predicted octanol–water partition coefficient (Wildman–Crippen LogP) is 2.93. The minimum absolute atomic E-state index is 0.167. The standard InChI is InChI=1S/C20H20N2O4/c1-14(23)21-17-12-10-16(11-13-17)19(24)22-18(20(25)26)9-5-8-15-6-3-2-4-7-15/h2-8,10-13,18H,9H2,1H3,(H,21,23)(H,22,24)(H,25,26)/b8-5+/t18-/m1/s1. The van der Waals surface area contributed by atoms with Crippen molar-refractivity contribution < 1.29 is 19.5 Å². The maximum Gasteiger partial charge on any atom is 0.326 e. The second-order valence-corrected chi connectivity index (χ2v) is 5.67. The summed E-state index contributed by atoms with van der Waals surface area (Å²) in [6.07, 6.45) is 3.69. The average Bonchev–Trinajstić information content (AvgIpc) is 2.61. The molecule has 2 rings (SSSR count). The molecule has 0 bridgehead atoms. The van der Waals surface area contributed by atoms with Gasteiger partial charge in [-0.2, -0.15) is 0 Å². The van der Waals surface area contributed by atoms with Gasteiger partial charge in [0.05, 0.1) is 0 Å². The molecule has 0 fully saturated rings. The van der Waals surface area contributed by atoms with E-state index in [2.05, 4.69) is 10.6 Å². The molecule has 0 aliphatic heterocycles. The lowest BCUT2D eigenvalue weighted by atomic mass is 10.1. The molecule has 1 atom stereocenters. The Hall–Kier alpha value is -3.41. The second-order valence-electron chi connectivity index (χ2n) is 5.67. The largest absolute Gasteiger partial charge is 0.480 e. The van der Waals surface area contributed by atoms with Crippen molar-refractivity contribution >= 4 is 29.5 Å². The van der Waals surface area contributed by atoms with Crippen LogP contribution in [0.3, 0.4) is 0 Å². The Labute approximate surface area is 151 Å². The van der Waals surface area contributed by atoms with E-state index in [1.54, 1.807) is 18.2 Å². The molecule has 2 aromatic carbocycles. The van der Waals surface area contributed by atoms with E-state index in [1.165, 1.54) is 19.1 Å². The van der Waals surface area contributed by atoms with Gasteiger partial charge in [0, 0.05) is 18.2 Å². The molecule has 0 heterocycles. The van der Waals surface area contributed by atoms with Crippen LogP contribution >= 0.6 is 0 Å². The first-order valence-corrected chi connectivity index (χ1v) is 8.08. The fraction of sp³-hybridized carbons (Fsp3) is 0.150. The molecule has 0 unspecified atom stereocenters. The highest BCUT2D eigenvalue weighted by molar-refractivity contribution is 5.97. The molecule has 134 valence electrons. The van der Waals surface area contributed by atoms with Crippen molar-refractivity contribution in [3.8, 4) is 0 Å². The number of amides is 2. The molecule has 0 spiro atoms. The number of hydrogen-bond donors (Lipinski definition) is 3. The number of carbonyl (C=O) groups is 3. The average molecular weight is 352 g/mol. The number of nitrogens with one attached hydrogen (secondary N) is 2. The number of benzene rings is 2. The lowest BCUT2D eigenvalue weighted by molar-refractivity contribution is -0.139. The first-order valence-electron chi connectivity index (χ1n) is 8.08. The molecule has 6 nitrogen and oxygen atoms in total. The van der Waals surface area contributed by atoms with Gasteiger partial charge in [0.1, 0.15) is 6.04 Å². The van der Waals surface area contributed by atoms with Crippen LogP contribution in [0.1, 0.15) is 29.3 Å². The van der Waals surface area contributed by atoms with Gasteiger partial charge in [-0.05, 0) is 36.2 Å². The highest BCUT2D eigenvalue weighted by Crippen LogP contribution is 2.10. The monoisotopic (exact) mass is 352 g/mol. The van der Waals surface area contributed by atoms with Gasteiger partial charge >= 0.3 is 5.97 Å². The summed E-state index contributed by atoms with van der Waals surface area (Å²) in [5.74, 6) is -1.80. The number of carbonyl (C=O) groups excluding carboxylic acids is 2. The van der Waals surface area contributed by atoms with Gasteiger partial charge in [-0.3, -0.25) is 9.59 Å². The summed E-state index contributed by atoms with van der Waals surface area (Å²) in [6.45, 7) is 1.39. The molecule has 2 aromatic rings. The molecule has 0 aliphatic carbocycles. The normalized spacial score (nSPS) is 11.7. The zero-order valence-corrected chi connectivity index (χ0v) is 14.3. The molecule has 0 saturated heterocycles. The molecular formula is C20H20N2O4. The summed E-state index contributed by atoms with van der Waals surface area (Å²) in [6, 6.07) is 14.7. The predicted molar refractivity (Wildman–Crippen MR) is 99.7 cm³/mol. The van der Waals surface area contributed by atoms with E-state index in [4.69, 9.17) is 0 Å². The van der Waals surface area contributed by atoms with Gasteiger partial charge < -0.3 is 15.7 Å². The highest BCUT2D eigenvalue weighted by atomic mass is 16.4. The Bertz CT molecular complexity index is 798. The van der Waals surface area contributed by atoms with E-state index < -0.39 is 17.9 Å². The van der Waals surface area contributed by atoms with Crippen LogP contribution < -0.4 is 10.6 Å². The fourth-order valence-corrected chi connectivity index (χ4v) is 2.28. The lowest BCUT2D eigenvalue weighted by Gasteiger charge is -2.13. The maximum atomic E-state index is 12.2. The molecule has 2 amide bonds. The molecule has 26 heavy (non-hydrogen) atoms. The van der Waals surface area contributed by atoms with Crippen LogP contribution in [0.2, 0.25) is 0 Å². The van der Waals surface area contributed by atoms with Crippen LogP contribution in [0.5, 0.6) is 0 Å².